The summed E-state index contributed by atoms with van der Waals surface area (Å²) in [7, 11) is 0. The maximum absolute atomic E-state index is 12.9. The van der Waals surface area contributed by atoms with Crippen LogP contribution >= 0.6 is 24.8 Å². The average molecular weight is 402 g/mol. The zero-order valence-corrected chi connectivity index (χ0v) is 15.4. The fourth-order valence-corrected chi connectivity index (χ4v) is 2.70. The van der Waals surface area contributed by atoms with Gasteiger partial charge in [-0.25, -0.2) is 0 Å². The van der Waals surface area contributed by atoms with Crippen molar-refractivity contribution in [3.63, 3.8) is 0 Å². The van der Waals surface area contributed by atoms with Crippen LogP contribution in [0, 0.1) is 0 Å². The summed E-state index contributed by atoms with van der Waals surface area (Å²) in [5, 5.41) is 2.62. The summed E-state index contributed by atoms with van der Waals surface area (Å²) in [6, 6.07) is 3.54. The number of halogens is 5. The molecule has 1 aromatic rings. The number of hydrogen-bond acceptors (Lipinski definition) is 3. The van der Waals surface area contributed by atoms with Crippen LogP contribution in [0.3, 0.4) is 0 Å². The predicted octanol–water partition coefficient (Wildman–Crippen LogP) is 4.22. The van der Waals surface area contributed by atoms with Crippen molar-refractivity contribution in [1.82, 2.24) is 0 Å². The van der Waals surface area contributed by atoms with Crippen molar-refractivity contribution in [3.05, 3.63) is 23.8 Å². The molecule has 1 saturated heterocycles. The SMILES string of the molecule is Cl.Cl.NCCCC(=O)Nc1cc(C(F)(F)F)ccc1N1CCCCC1. The molecule has 0 saturated carbocycles. The second-order valence-corrected chi connectivity index (χ2v) is 5.72. The van der Waals surface area contributed by atoms with Crippen LogP contribution in [0.4, 0.5) is 24.5 Å². The Morgan fingerprint density at radius 2 is 1.80 bits per heavy atom. The van der Waals surface area contributed by atoms with Crippen molar-refractivity contribution >= 4 is 42.1 Å². The van der Waals surface area contributed by atoms with Crippen molar-refractivity contribution in [1.29, 1.82) is 0 Å². The first-order valence-electron chi connectivity index (χ1n) is 7.88. The molecule has 144 valence electrons. The summed E-state index contributed by atoms with van der Waals surface area (Å²) in [5.74, 6) is -0.312. The molecule has 0 bridgehead atoms. The van der Waals surface area contributed by atoms with E-state index in [1.54, 1.807) is 0 Å². The lowest BCUT2D eigenvalue weighted by atomic mass is 10.1. The van der Waals surface area contributed by atoms with Crippen molar-refractivity contribution in [2.24, 2.45) is 5.73 Å². The van der Waals surface area contributed by atoms with Crippen LogP contribution in [0.2, 0.25) is 0 Å². The Hall–Kier alpha value is -1.18. The zero-order valence-electron chi connectivity index (χ0n) is 13.8. The number of piperidine rings is 1. The molecular weight excluding hydrogens is 378 g/mol. The third kappa shape index (κ3) is 6.92. The molecule has 1 fully saturated rings. The number of alkyl halides is 3. The number of carbonyl (C=O) groups is 1. The Morgan fingerprint density at radius 3 is 2.36 bits per heavy atom. The molecular formula is C16H24Cl2F3N3O. The van der Waals surface area contributed by atoms with Crippen LogP contribution in [-0.2, 0) is 11.0 Å². The molecule has 0 aliphatic carbocycles. The van der Waals surface area contributed by atoms with E-state index in [-0.39, 0.29) is 42.8 Å². The highest BCUT2D eigenvalue weighted by Crippen LogP contribution is 2.36. The fraction of sp³-hybridized carbons (Fsp3) is 0.562. The van der Waals surface area contributed by atoms with E-state index in [0.717, 1.165) is 44.5 Å². The van der Waals surface area contributed by atoms with Gasteiger partial charge in [0.25, 0.3) is 0 Å². The van der Waals surface area contributed by atoms with Crippen LogP contribution in [-0.4, -0.2) is 25.5 Å². The Balaban J connectivity index is 0.00000288. The van der Waals surface area contributed by atoms with Gasteiger partial charge in [-0.3, -0.25) is 4.79 Å². The van der Waals surface area contributed by atoms with Gasteiger partial charge in [-0.05, 0) is 50.4 Å². The molecule has 0 aromatic heterocycles. The highest BCUT2D eigenvalue weighted by Gasteiger charge is 2.31. The molecule has 0 atom stereocenters. The lowest BCUT2D eigenvalue weighted by Crippen LogP contribution is -2.30. The van der Waals surface area contributed by atoms with E-state index in [2.05, 4.69) is 5.32 Å². The van der Waals surface area contributed by atoms with E-state index < -0.39 is 11.7 Å². The normalized spacial score (nSPS) is 14.3. The molecule has 1 heterocycles. The average Bonchev–Trinajstić information content (AvgIpc) is 2.53. The molecule has 1 aromatic carbocycles. The molecule has 4 nitrogen and oxygen atoms in total. The molecule has 3 N–H and O–H groups in total. The van der Waals surface area contributed by atoms with Gasteiger partial charge in [0.1, 0.15) is 0 Å². The third-order valence-corrected chi connectivity index (χ3v) is 3.90. The minimum atomic E-state index is -4.43. The minimum Gasteiger partial charge on any atom is -0.370 e. The highest BCUT2D eigenvalue weighted by molar-refractivity contribution is 5.94. The number of anilines is 2. The van der Waals surface area contributed by atoms with Crippen LogP contribution < -0.4 is 16.0 Å². The smallest absolute Gasteiger partial charge is 0.370 e. The summed E-state index contributed by atoms with van der Waals surface area (Å²) in [6.45, 7) is 1.95. The number of nitrogens with zero attached hydrogens (tertiary/aromatic N) is 1. The molecule has 25 heavy (non-hydrogen) atoms. The van der Waals surface area contributed by atoms with Crippen molar-refractivity contribution in [2.45, 2.75) is 38.3 Å². The summed E-state index contributed by atoms with van der Waals surface area (Å²) in [5.41, 5.74) is 5.48. The molecule has 1 amide bonds. The largest absolute Gasteiger partial charge is 0.416 e. The second kappa shape index (κ2) is 10.7. The zero-order chi connectivity index (χ0) is 16.9. The van der Waals surface area contributed by atoms with Gasteiger partial charge >= 0.3 is 6.18 Å². The van der Waals surface area contributed by atoms with Crippen LogP contribution in [0.5, 0.6) is 0 Å². The van der Waals surface area contributed by atoms with Crippen LogP contribution in [0.25, 0.3) is 0 Å². The predicted molar refractivity (Wildman–Crippen MR) is 98.9 cm³/mol. The van der Waals surface area contributed by atoms with Gasteiger partial charge < -0.3 is 16.0 Å². The molecule has 0 spiro atoms. The Morgan fingerprint density at radius 1 is 1.16 bits per heavy atom. The van der Waals surface area contributed by atoms with E-state index >= 15 is 0 Å². The van der Waals surface area contributed by atoms with E-state index in [1.165, 1.54) is 6.07 Å². The van der Waals surface area contributed by atoms with E-state index in [4.69, 9.17) is 5.73 Å². The minimum absolute atomic E-state index is 0. The van der Waals surface area contributed by atoms with Crippen LogP contribution in [0.1, 0.15) is 37.7 Å². The standard InChI is InChI=1S/C16H22F3N3O.2ClH/c17-16(18,19)12-6-7-14(22-9-2-1-3-10-22)13(11-12)21-15(23)5-4-8-20;;/h6-7,11H,1-5,8-10,20H2,(H,21,23);2*1H. The Kier molecular flexibility index (Phi) is 10.2. The summed E-state index contributed by atoms with van der Waals surface area (Å²) in [4.78, 5) is 13.9. The lowest BCUT2D eigenvalue weighted by Gasteiger charge is -2.31. The summed E-state index contributed by atoms with van der Waals surface area (Å²) in [6.07, 6.45) is -0.605. The van der Waals surface area contributed by atoms with Crippen LogP contribution in [0.15, 0.2) is 18.2 Å². The van der Waals surface area contributed by atoms with Gasteiger partial charge in [-0.2, -0.15) is 13.2 Å². The first-order valence-corrected chi connectivity index (χ1v) is 7.88. The van der Waals surface area contributed by atoms with Gasteiger partial charge in [0.05, 0.1) is 16.9 Å². The maximum Gasteiger partial charge on any atom is 0.416 e. The van der Waals surface area contributed by atoms with E-state index in [9.17, 15) is 18.0 Å². The molecule has 0 unspecified atom stereocenters. The maximum atomic E-state index is 12.9. The topological polar surface area (TPSA) is 58.4 Å². The summed E-state index contributed by atoms with van der Waals surface area (Å²) >= 11 is 0. The molecule has 0 radical (unpaired) electrons. The van der Waals surface area contributed by atoms with Gasteiger partial charge in [0.15, 0.2) is 0 Å². The number of rotatable bonds is 5. The quantitative estimate of drug-likeness (QED) is 0.776. The number of amides is 1. The van der Waals surface area contributed by atoms with Gasteiger partial charge in [-0.1, -0.05) is 0 Å². The van der Waals surface area contributed by atoms with Crippen molar-refractivity contribution in [3.8, 4) is 0 Å². The monoisotopic (exact) mass is 401 g/mol. The highest BCUT2D eigenvalue weighted by atomic mass is 35.5. The second-order valence-electron chi connectivity index (χ2n) is 5.72. The molecule has 1 aliphatic heterocycles. The lowest BCUT2D eigenvalue weighted by molar-refractivity contribution is -0.137. The molecule has 9 heteroatoms. The number of nitrogens with one attached hydrogen (secondary N) is 1. The van der Waals surface area contributed by atoms with Crippen molar-refractivity contribution in [2.75, 3.05) is 29.9 Å². The molecule has 2 rings (SSSR count). The van der Waals surface area contributed by atoms with E-state index in [1.807, 2.05) is 4.90 Å². The number of nitrogens with two attached hydrogens (primary N) is 1. The van der Waals surface area contributed by atoms with Gasteiger partial charge in [0, 0.05) is 19.5 Å². The summed E-state index contributed by atoms with van der Waals surface area (Å²) < 4.78 is 38.8. The van der Waals surface area contributed by atoms with Gasteiger partial charge in [0.2, 0.25) is 5.91 Å². The number of benzene rings is 1. The molecule has 1 aliphatic rings. The van der Waals surface area contributed by atoms with Crippen molar-refractivity contribution < 1.29 is 18.0 Å². The Bertz CT molecular complexity index is 550. The Labute approximate surface area is 158 Å². The first-order chi connectivity index (χ1) is 10.9. The van der Waals surface area contributed by atoms with E-state index in [0.29, 0.717) is 18.7 Å². The first kappa shape index (κ1) is 23.8. The third-order valence-electron chi connectivity index (χ3n) is 3.90. The number of hydrogen-bond donors (Lipinski definition) is 2. The fourth-order valence-electron chi connectivity index (χ4n) is 2.70. The number of carbonyl (C=O) groups excluding carboxylic acids is 1. The van der Waals surface area contributed by atoms with Gasteiger partial charge in [-0.15, -0.1) is 24.8 Å².